The standard InChI is InChI=1S/C7H9NS/c1-6-3-4-8-5-7(6)9-2/h3-5H,1-2H3. The predicted octanol–water partition coefficient (Wildman–Crippen LogP) is 2.11. The fraction of sp³-hybridized carbons (Fsp3) is 0.286. The summed E-state index contributed by atoms with van der Waals surface area (Å²) < 4.78 is 0. The van der Waals surface area contributed by atoms with E-state index in [1.807, 2.05) is 18.5 Å². The number of rotatable bonds is 1. The zero-order chi connectivity index (χ0) is 6.69. The van der Waals surface area contributed by atoms with Crippen LogP contribution in [0.25, 0.3) is 0 Å². The summed E-state index contributed by atoms with van der Waals surface area (Å²) in [4.78, 5) is 5.26. The highest BCUT2D eigenvalue weighted by Gasteiger charge is 1.91. The molecule has 0 saturated heterocycles. The summed E-state index contributed by atoms with van der Waals surface area (Å²) in [6.07, 6.45) is 5.76. The minimum atomic E-state index is 1.26. The van der Waals surface area contributed by atoms with Gasteiger partial charge in [-0.25, -0.2) is 0 Å². The molecule has 0 N–H and O–H groups in total. The fourth-order valence-corrected chi connectivity index (χ4v) is 1.22. The number of aromatic nitrogens is 1. The number of hydrogen-bond acceptors (Lipinski definition) is 2. The maximum absolute atomic E-state index is 4.00. The molecule has 1 heterocycles. The van der Waals surface area contributed by atoms with Gasteiger partial charge in [-0.1, -0.05) is 0 Å². The van der Waals surface area contributed by atoms with Crippen molar-refractivity contribution in [3.8, 4) is 0 Å². The van der Waals surface area contributed by atoms with Crippen LogP contribution >= 0.6 is 11.8 Å². The van der Waals surface area contributed by atoms with Crippen molar-refractivity contribution in [3.05, 3.63) is 24.0 Å². The van der Waals surface area contributed by atoms with E-state index in [4.69, 9.17) is 0 Å². The first-order valence-corrected chi connectivity index (χ1v) is 4.01. The molecule has 0 aliphatic rings. The molecular weight excluding hydrogens is 130 g/mol. The summed E-state index contributed by atoms with van der Waals surface area (Å²) in [5, 5.41) is 0. The van der Waals surface area contributed by atoms with Crippen molar-refractivity contribution in [2.24, 2.45) is 0 Å². The third kappa shape index (κ3) is 1.45. The van der Waals surface area contributed by atoms with E-state index in [1.165, 1.54) is 10.5 Å². The number of aryl methyl sites for hydroxylation is 1. The molecule has 0 spiro atoms. The van der Waals surface area contributed by atoms with Crippen LogP contribution in [0.1, 0.15) is 5.56 Å². The number of nitrogens with zero attached hydrogens (tertiary/aromatic N) is 1. The summed E-state index contributed by atoms with van der Waals surface area (Å²) in [7, 11) is 0. The molecule has 0 bridgehead atoms. The topological polar surface area (TPSA) is 12.9 Å². The molecule has 0 unspecified atom stereocenters. The average Bonchev–Trinajstić information content (AvgIpc) is 1.89. The van der Waals surface area contributed by atoms with Gasteiger partial charge in [-0.05, 0) is 24.8 Å². The summed E-state index contributed by atoms with van der Waals surface area (Å²) >= 11 is 1.73. The van der Waals surface area contributed by atoms with Crippen LogP contribution in [0.15, 0.2) is 23.4 Å². The molecule has 0 amide bonds. The number of hydrogen-bond donors (Lipinski definition) is 0. The summed E-state index contributed by atoms with van der Waals surface area (Å²) in [6.45, 7) is 2.09. The third-order valence-corrected chi connectivity index (χ3v) is 2.08. The van der Waals surface area contributed by atoms with Crippen LogP contribution in [-0.2, 0) is 0 Å². The largest absolute Gasteiger partial charge is 0.264 e. The van der Waals surface area contributed by atoms with Crippen LogP contribution in [0, 0.1) is 6.92 Å². The highest BCUT2D eigenvalue weighted by Crippen LogP contribution is 2.16. The molecule has 0 radical (unpaired) electrons. The van der Waals surface area contributed by atoms with Crippen LogP contribution in [0.2, 0.25) is 0 Å². The van der Waals surface area contributed by atoms with Crippen molar-refractivity contribution >= 4 is 11.8 Å². The summed E-state index contributed by atoms with van der Waals surface area (Å²) in [5.74, 6) is 0. The van der Waals surface area contributed by atoms with Crippen molar-refractivity contribution in [1.82, 2.24) is 4.98 Å². The van der Waals surface area contributed by atoms with E-state index < -0.39 is 0 Å². The molecule has 0 fully saturated rings. The summed E-state index contributed by atoms with van der Waals surface area (Å²) in [5.41, 5.74) is 1.30. The van der Waals surface area contributed by atoms with Crippen LogP contribution in [0.5, 0.6) is 0 Å². The first-order valence-electron chi connectivity index (χ1n) is 2.79. The first kappa shape index (κ1) is 6.62. The minimum absolute atomic E-state index is 1.26. The van der Waals surface area contributed by atoms with E-state index in [2.05, 4.69) is 18.2 Å². The Morgan fingerprint density at radius 2 is 2.33 bits per heavy atom. The second kappa shape index (κ2) is 2.87. The van der Waals surface area contributed by atoms with E-state index in [0.717, 1.165) is 0 Å². The van der Waals surface area contributed by atoms with Gasteiger partial charge < -0.3 is 0 Å². The lowest BCUT2D eigenvalue weighted by Crippen LogP contribution is -1.78. The molecule has 0 aliphatic heterocycles. The van der Waals surface area contributed by atoms with Crippen LogP contribution < -0.4 is 0 Å². The SMILES string of the molecule is CSc1cnccc1C. The van der Waals surface area contributed by atoms with Gasteiger partial charge in [0.25, 0.3) is 0 Å². The van der Waals surface area contributed by atoms with Gasteiger partial charge in [-0.2, -0.15) is 0 Å². The Morgan fingerprint density at radius 3 is 2.78 bits per heavy atom. The predicted molar refractivity (Wildman–Crippen MR) is 40.8 cm³/mol. The fourth-order valence-electron chi connectivity index (χ4n) is 0.663. The van der Waals surface area contributed by atoms with Gasteiger partial charge in [0.1, 0.15) is 0 Å². The Bertz CT molecular complexity index is 198. The normalized spacial score (nSPS) is 9.56. The maximum atomic E-state index is 4.00. The molecule has 0 atom stereocenters. The number of pyridine rings is 1. The van der Waals surface area contributed by atoms with Crippen LogP contribution in [0.4, 0.5) is 0 Å². The van der Waals surface area contributed by atoms with Crippen LogP contribution in [0.3, 0.4) is 0 Å². The zero-order valence-electron chi connectivity index (χ0n) is 5.59. The van der Waals surface area contributed by atoms with Gasteiger partial charge in [-0.15, -0.1) is 11.8 Å². The first-order chi connectivity index (χ1) is 4.34. The molecule has 0 saturated carbocycles. The van der Waals surface area contributed by atoms with Gasteiger partial charge in [-0.3, -0.25) is 4.98 Å². The molecule has 1 aromatic heterocycles. The molecular formula is C7H9NS. The quantitative estimate of drug-likeness (QED) is 0.553. The van der Waals surface area contributed by atoms with Crippen molar-refractivity contribution in [2.45, 2.75) is 11.8 Å². The van der Waals surface area contributed by atoms with E-state index in [1.54, 1.807) is 11.8 Å². The smallest absolute Gasteiger partial charge is 0.0406 e. The second-order valence-electron chi connectivity index (χ2n) is 1.85. The molecule has 1 aromatic rings. The molecule has 2 heteroatoms. The monoisotopic (exact) mass is 139 g/mol. The lowest BCUT2D eigenvalue weighted by Gasteiger charge is -1.97. The van der Waals surface area contributed by atoms with Gasteiger partial charge in [0.05, 0.1) is 0 Å². The molecule has 9 heavy (non-hydrogen) atoms. The highest BCUT2D eigenvalue weighted by molar-refractivity contribution is 7.98. The average molecular weight is 139 g/mol. The lowest BCUT2D eigenvalue weighted by atomic mass is 10.3. The van der Waals surface area contributed by atoms with E-state index in [9.17, 15) is 0 Å². The van der Waals surface area contributed by atoms with Crippen molar-refractivity contribution in [1.29, 1.82) is 0 Å². The van der Waals surface area contributed by atoms with Gasteiger partial charge in [0.2, 0.25) is 0 Å². The van der Waals surface area contributed by atoms with Gasteiger partial charge in [0, 0.05) is 17.3 Å². The van der Waals surface area contributed by atoms with Crippen LogP contribution in [-0.4, -0.2) is 11.2 Å². The minimum Gasteiger partial charge on any atom is -0.264 e. The van der Waals surface area contributed by atoms with Crippen molar-refractivity contribution in [3.63, 3.8) is 0 Å². The Labute approximate surface area is 59.5 Å². The van der Waals surface area contributed by atoms with Gasteiger partial charge >= 0.3 is 0 Å². The molecule has 1 nitrogen and oxygen atoms in total. The Kier molecular flexibility index (Phi) is 2.11. The molecule has 48 valence electrons. The van der Waals surface area contributed by atoms with Crippen molar-refractivity contribution < 1.29 is 0 Å². The Hall–Kier alpha value is -0.500. The van der Waals surface area contributed by atoms with E-state index in [-0.39, 0.29) is 0 Å². The molecule has 1 rings (SSSR count). The number of thioether (sulfide) groups is 1. The third-order valence-electron chi connectivity index (χ3n) is 1.21. The lowest BCUT2D eigenvalue weighted by molar-refractivity contribution is 1.18. The maximum Gasteiger partial charge on any atom is 0.0406 e. The van der Waals surface area contributed by atoms with Gasteiger partial charge in [0.15, 0.2) is 0 Å². The van der Waals surface area contributed by atoms with E-state index >= 15 is 0 Å². The Morgan fingerprint density at radius 1 is 1.56 bits per heavy atom. The zero-order valence-corrected chi connectivity index (χ0v) is 6.40. The van der Waals surface area contributed by atoms with Crippen molar-refractivity contribution in [2.75, 3.05) is 6.26 Å². The summed E-state index contributed by atoms with van der Waals surface area (Å²) in [6, 6.07) is 2.02. The van der Waals surface area contributed by atoms with E-state index in [0.29, 0.717) is 0 Å². The molecule has 0 aromatic carbocycles. The molecule has 0 aliphatic carbocycles. The second-order valence-corrected chi connectivity index (χ2v) is 2.69. The Balaban J connectivity index is 3.01. The highest BCUT2D eigenvalue weighted by atomic mass is 32.2.